The lowest BCUT2D eigenvalue weighted by Gasteiger charge is -2.05. The first-order valence-electron chi connectivity index (χ1n) is 10.8. The minimum Gasteiger partial charge on any atom is -0.399 e. The first kappa shape index (κ1) is 22.3. The van der Waals surface area contributed by atoms with E-state index < -0.39 is 5.97 Å². The van der Waals surface area contributed by atoms with Crippen LogP contribution in [0.5, 0.6) is 0 Å². The summed E-state index contributed by atoms with van der Waals surface area (Å²) in [7, 11) is 0. The van der Waals surface area contributed by atoms with Gasteiger partial charge in [-0.1, -0.05) is 56.5 Å². The van der Waals surface area contributed by atoms with Crippen LogP contribution in [0.2, 0.25) is 0 Å². The fourth-order valence-corrected chi connectivity index (χ4v) is 3.45. The molecule has 1 aromatic heterocycles. The van der Waals surface area contributed by atoms with Gasteiger partial charge in [-0.05, 0) is 43.2 Å². The van der Waals surface area contributed by atoms with E-state index in [0.717, 1.165) is 42.3 Å². The molecule has 1 heterocycles. The number of aromatic nitrogens is 1. The van der Waals surface area contributed by atoms with Crippen LogP contribution in [-0.4, -0.2) is 22.0 Å². The second-order valence-electron chi connectivity index (χ2n) is 7.52. The smallest absolute Gasteiger partial charge is 0.334 e. The van der Waals surface area contributed by atoms with Crippen molar-refractivity contribution in [2.75, 3.05) is 5.73 Å². The molecule has 0 aliphatic rings. The van der Waals surface area contributed by atoms with Crippen molar-refractivity contribution in [3.05, 3.63) is 60.3 Å². The van der Waals surface area contributed by atoms with Crippen molar-refractivity contribution in [3.8, 4) is 5.69 Å². The third kappa shape index (κ3) is 5.40. The predicted octanol–water partition coefficient (Wildman–Crippen LogP) is 5.68. The molecular formula is C25H29N3O3. The molecule has 3 rings (SSSR count). The van der Waals surface area contributed by atoms with Crippen LogP contribution in [-0.2, 0) is 9.63 Å². The first-order valence-corrected chi connectivity index (χ1v) is 10.8. The van der Waals surface area contributed by atoms with E-state index >= 15 is 0 Å². The number of nitrogens with zero attached hydrogens (tertiary/aromatic N) is 2. The van der Waals surface area contributed by atoms with Crippen LogP contribution in [0.25, 0.3) is 16.6 Å². The summed E-state index contributed by atoms with van der Waals surface area (Å²) in [4.78, 5) is 30.1. The maximum atomic E-state index is 13.5. The van der Waals surface area contributed by atoms with Gasteiger partial charge in [-0.25, -0.2) is 4.79 Å². The number of rotatable bonds is 10. The molecule has 0 amide bonds. The van der Waals surface area contributed by atoms with Crippen LogP contribution < -0.4 is 5.73 Å². The van der Waals surface area contributed by atoms with E-state index in [1.54, 1.807) is 6.92 Å². The number of oxime groups is 1. The summed E-state index contributed by atoms with van der Waals surface area (Å²) in [5.74, 6) is -0.672. The van der Waals surface area contributed by atoms with Gasteiger partial charge in [0.15, 0.2) is 0 Å². The van der Waals surface area contributed by atoms with Gasteiger partial charge in [0.1, 0.15) is 5.71 Å². The van der Waals surface area contributed by atoms with Gasteiger partial charge in [-0.15, -0.1) is 0 Å². The fourth-order valence-electron chi connectivity index (χ4n) is 3.45. The molecule has 0 fully saturated rings. The Bertz CT molecular complexity index is 1080. The van der Waals surface area contributed by atoms with Crippen molar-refractivity contribution in [2.24, 2.45) is 5.16 Å². The quantitative estimate of drug-likeness (QED) is 0.114. The SMILES string of the molecule is CCCCCC/C(=N\OC(=O)CC)C(=O)c1cn(-c2ccc(N)cc2)c2ccccc12. The molecule has 0 radical (unpaired) electrons. The van der Waals surface area contributed by atoms with E-state index in [1.807, 2.05) is 59.3 Å². The molecule has 3 aromatic rings. The first-order chi connectivity index (χ1) is 15.0. The lowest BCUT2D eigenvalue weighted by Crippen LogP contribution is -2.16. The third-order valence-corrected chi connectivity index (χ3v) is 5.20. The Kier molecular flexibility index (Phi) is 7.60. The Hall–Kier alpha value is -3.41. The highest BCUT2D eigenvalue weighted by Gasteiger charge is 2.21. The molecule has 6 nitrogen and oxygen atoms in total. The Morgan fingerprint density at radius 2 is 1.74 bits per heavy atom. The minimum atomic E-state index is -0.455. The van der Waals surface area contributed by atoms with Crippen LogP contribution in [0, 0.1) is 0 Å². The number of carbonyl (C=O) groups is 2. The Morgan fingerprint density at radius 1 is 1.00 bits per heavy atom. The van der Waals surface area contributed by atoms with Crippen molar-refractivity contribution in [1.29, 1.82) is 0 Å². The van der Waals surface area contributed by atoms with Gasteiger partial charge in [0.25, 0.3) is 0 Å². The number of unbranched alkanes of at least 4 members (excludes halogenated alkanes) is 3. The maximum absolute atomic E-state index is 13.5. The number of para-hydroxylation sites is 1. The van der Waals surface area contributed by atoms with Gasteiger partial charge in [0.2, 0.25) is 5.78 Å². The summed E-state index contributed by atoms with van der Waals surface area (Å²) >= 11 is 0. The standard InChI is InChI=1S/C25H29N3O3/c1-3-5-6-7-11-22(27-31-24(29)4-2)25(30)21-17-28(19-15-13-18(26)14-16-19)23-12-9-8-10-20(21)23/h8-10,12-17H,3-7,11,26H2,1-2H3/b27-22+. The average Bonchev–Trinajstić information content (AvgIpc) is 3.18. The van der Waals surface area contributed by atoms with E-state index in [1.165, 1.54) is 0 Å². The topological polar surface area (TPSA) is 86.7 Å². The molecule has 0 saturated carbocycles. The van der Waals surface area contributed by atoms with Crippen LogP contribution in [0.4, 0.5) is 5.69 Å². The Balaban J connectivity index is 1.99. The second-order valence-corrected chi connectivity index (χ2v) is 7.52. The highest BCUT2D eigenvalue weighted by atomic mass is 16.7. The monoisotopic (exact) mass is 419 g/mol. The number of hydrogen-bond acceptors (Lipinski definition) is 5. The van der Waals surface area contributed by atoms with Crippen LogP contribution in [0.1, 0.15) is 62.7 Å². The number of anilines is 1. The molecule has 2 N–H and O–H groups in total. The lowest BCUT2D eigenvalue weighted by molar-refractivity contribution is -0.143. The summed E-state index contributed by atoms with van der Waals surface area (Å²) in [5, 5.41) is 4.79. The molecule has 0 saturated heterocycles. The van der Waals surface area contributed by atoms with E-state index in [4.69, 9.17) is 10.6 Å². The Labute approximate surface area is 182 Å². The molecule has 162 valence electrons. The van der Waals surface area contributed by atoms with Crippen molar-refractivity contribution in [3.63, 3.8) is 0 Å². The number of hydrogen-bond donors (Lipinski definition) is 1. The van der Waals surface area contributed by atoms with Gasteiger partial charge in [0.05, 0.1) is 5.52 Å². The summed E-state index contributed by atoms with van der Waals surface area (Å²) in [6, 6.07) is 15.2. The average molecular weight is 420 g/mol. The summed E-state index contributed by atoms with van der Waals surface area (Å²) < 4.78 is 1.97. The maximum Gasteiger partial charge on any atom is 0.334 e. The van der Waals surface area contributed by atoms with Crippen LogP contribution in [0.15, 0.2) is 59.9 Å². The minimum absolute atomic E-state index is 0.206. The van der Waals surface area contributed by atoms with E-state index in [0.29, 0.717) is 17.7 Å². The fraction of sp³-hybridized carbons (Fsp3) is 0.320. The van der Waals surface area contributed by atoms with Crippen molar-refractivity contribution < 1.29 is 14.4 Å². The molecule has 2 aromatic carbocycles. The van der Waals surface area contributed by atoms with Crippen molar-refractivity contribution >= 4 is 34.1 Å². The molecule has 0 atom stereocenters. The van der Waals surface area contributed by atoms with Gasteiger partial charge < -0.3 is 15.1 Å². The molecular weight excluding hydrogens is 390 g/mol. The molecule has 0 spiro atoms. The zero-order valence-electron chi connectivity index (χ0n) is 18.1. The summed E-state index contributed by atoms with van der Waals surface area (Å²) in [6.45, 7) is 3.83. The highest BCUT2D eigenvalue weighted by Crippen LogP contribution is 2.26. The number of ketones is 1. The molecule has 0 aliphatic heterocycles. The van der Waals surface area contributed by atoms with Gasteiger partial charge in [-0.3, -0.25) is 4.79 Å². The predicted molar refractivity (Wildman–Crippen MR) is 125 cm³/mol. The van der Waals surface area contributed by atoms with E-state index in [-0.39, 0.29) is 17.9 Å². The highest BCUT2D eigenvalue weighted by molar-refractivity contribution is 6.47. The normalized spacial score (nSPS) is 11.6. The van der Waals surface area contributed by atoms with Crippen molar-refractivity contribution in [1.82, 2.24) is 4.57 Å². The van der Waals surface area contributed by atoms with Gasteiger partial charge >= 0.3 is 5.97 Å². The third-order valence-electron chi connectivity index (χ3n) is 5.20. The van der Waals surface area contributed by atoms with E-state index in [2.05, 4.69) is 12.1 Å². The van der Waals surface area contributed by atoms with Crippen LogP contribution in [0.3, 0.4) is 0 Å². The number of carbonyl (C=O) groups excluding carboxylic acids is 2. The largest absolute Gasteiger partial charge is 0.399 e. The zero-order chi connectivity index (χ0) is 22.2. The Morgan fingerprint density at radius 3 is 2.45 bits per heavy atom. The molecule has 0 unspecified atom stereocenters. The van der Waals surface area contributed by atoms with Gasteiger partial charge in [-0.2, -0.15) is 0 Å². The van der Waals surface area contributed by atoms with Crippen molar-refractivity contribution in [2.45, 2.75) is 52.4 Å². The summed E-state index contributed by atoms with van der Waals surface area (Å²) in [5.41, 5.74) is 9.13. The summed E-state index contributed by atoms with van der Waals surface area (Å²) in [6.07, 6.45) is 6.50. The molecule has 31 heavy (non-hydrogen) atoms. The molecule has 0 aliphatic carbocycles. The lowest BCUT2D eigenvalue weighted by atomic mass is 10.0. The number of nitrogen functional groups attached to an aromatic ring is 1. The number of fused-ring (bicyclic) bond motifs is 1. The van der Waals surface area contributed by atoms with Crippen LogP contribution >= 0.6 is 0 Å². The molecule has 6 heteroatoms. The second kappa shape index (κ2) is 10.6. The number of benzene rings is 2. The number of Topliss-reactive ketones (excluding diaryl/α,β-unsaturated/α-hetero) is 1. The zero-order valence-corrected chi connectivity index (χ0v) is 18.1. The van der Waals surface area contributed by atoms with Gasteiger partial charge in [0, 0.05) is 34.9 Å². The molecule has 0 bridgehead atoms. The van der Waals surface area contributed by atoms with E-state index in [9.17, 15) is 9.59 Å². The number of nitrogens with two attached hydrogens (primary N) is 1.